The monoisotopic (exact) mass is 273 g/mol. The summed E-state index contributed by atoms with van der Waals surface area (Å²) >= 11 is 4.86. The number of nitrogens with zero attached hydrogens (tertiary/aromatic N) is 4. The van der Waals surface area contributed by atoms with Crippen LogP contribution in [-0.4, -0.2) is 26.5 Å². The molecule has 2 aromatic heterocycles. The first-order valence-electron chi connectivity index (χ1n) is 5.97. The lowest BCUT2D eigenvalue weighted by Gasteiger charge is -2.21. The summed E-state index contributed by atoms with van der Waals surface area (Å²) in [5, 5.41) is 0. The van der Waals surface area contributed by atoms with Crippen molar-refractivity contribution in [3.8, 4) is 0 Å². The standard InChI is InChI=1S/C13H15N5S/c1-2-18(9-10-5-3-4-6-15-10)12-8-16-11(7-17-12)13(14)19/h3-8H,2,9H2,1H3,(H2,14,19). The van der Waals surface area contributed by atoms with Crippen molar-refractivity contribution in [1.29, 1.82) is 0 Å². The molecule has 0 aliphatic heterocycles. The topological polar surface area (TPSA) is 67.9 Å². The molecule has 0 aliphatic carbocycles. The Balaban J connectivity index is 2.15. The molecule has 2 aromatic rings. The van der Waals surface area contributed by atoms with Crippen LogP contribution in [0.25, 0.3) is 0 Å². The van der Waals surface area contributed by atoms with E-state index in [9.17, 15) is 0 Å². The van der Waals surface area contributed by atoms with E-state index in [1.807, 2.05) is 18.2 Å². The second-order valence-corrected chi connectivity index (χ2v) is 4.40. The highest BCUT2D eigenvalue weighted by molar-refractivity contribution is 7.80. The van der Waals surface area contributed by atoms with Gasteiger partial charge in [0.1, 0.15) is 16.5 Å². The van der Waals surface area contributed by atoms with Crippen molar-refractivity contribution in [3.05, 3.63) is 48.2 Å². The van der Waals surface area contributed by atoms with Gasteiger partial charge in [0.2, 0.25) is 0 Å². The van der Waals surface area contributed by atoms with E-state index in [4.69, 9.17) is 18.0 Å². The molecular weight excluding hydrogens is 258 g/mol. The van der Waals surface area contributed by atoms with Crippen LogP contribution < -0.4 is 10.6 Å². The Hall–Kier alpha value is -2.08. The molecule has 98 valence electrons. The summed E-state index contributed by atoms with van der Waals surface area (Å²) in [5.41, 5.74) is 7.03. The van der Waals surface area contributed by atoms with Gasteiger partial charge in [-0.2, -0.15) is 0 Å². The quantitative estimate of drug-likeness (QED) is 0.833. The number of pyridine rings is 1. The third-order valence-electron chi connectivity index (χ3n) is 2.68. The number of anilines is 1. The van der Waals surface area contributed by atoms with Crippen LogP contribution in [0, 0.1) is 0 Å². The van der Waals surface area contributed by atoms with Crippen LogP contribution in [0.4, 0.5) is 5.82 Å². The van der Waals surface area contributed by atoms with Crippen LogP contribution in [-0.2, 0) is 6.54 Å². The summed E-state index contributed by atoms with van der Waals surface area (Å²) in [5.74, 6) is 0.785. The zero-order valence-electron chi connectivity index (χ0n) is 10.7. The third kappa shape index (κ3) is 3.45. The maximum atomic E-state index is 5.50. The molecule has 19 heavy (non-hydrogen) atoms. The van der Waals surface area contributed by atoms with Gasteiger partial charge in [-0.3, -0.25) is 4.98 Å². The average Bonchev–Trinajstić information content (AvgIpc) is 2.46. The van der Waals surface area contributed by atoms with E-state index in [-0.39, 0.29) is 4.99 Å². The van der Waals surface area contributed by atoms with E-state index in [0.29, 0.717) is 12.2 Å². The Morgan fingerprint density at radius 3 is 2.63 bits per heavy atom. The Morgan fingerprint density at radius 2 is 2.11 bits per heavy atom. The second-order valence-electron chi connectivity index (χ2n) is 3.96. The number of thiocarbonyl (C=S) groups is 1. The van der Waals surface area contributed by atoms with E-state index in [1.54, 1.807) is 18.6 Å². The van der Waals surface area contributed by atoms with Crippen LogP contribution in [0.3, 0.4) is 0 Å². The molecule has 2 heterocycles. The number of nitrogens with two attached hydrogens (primary N) is 1. The molecule has 0 aliphatic rings. The second kappa shape index (κ2) is 6.19. The Morgan fingerprint density at radius 1 is 1.26 bits per heavy atom. The SMILES string of the molecule is CCN(Cc1ccccn1)c1cnc(C(N)=S)cn1. The minimum Gasteiger partial charge on any atom is -0.388 e. The number of hydrogen-bond donors (Lipinski definition) is 1. The fraction of sp³-hybridized carbons (Fsp3) is 0.231. The van der Waals surface area contributed by atoms with E-state index in [1.165, 1.54) is 0 Å². The molecule has 0 aromatic carbocycles. The van der Waals surface area contributed by atoms with E-state index < -0.39 is 0 Å². The van der Waals surface area contributed by atoms with Gasteiger partial charge in [-0.15, -0.1) is 0 Å². The summed E-state index contributed by atoms with van der Waals surface area (Å²) in [6.07, 6.45) is 5.06. The van der Waals surface area contributed by atoms with E-state index in [0.717, 1.165) is 18.1 Å². The molecule has 0 spiro atoms. The fourth-order valence-corrected chi connectivity index (χ4v) is 1.76. The molecule has 2 rings (SSSR count). The molecule has 0 radical (unpaired) electrons. The Kier molecular flexibility index (Phi) is 4.35. The van der Waals surface area contributed by atoms with Crippen molar-refractivity contribution in [1.82, 2.24) is 15.0 Å². The van der Waals surface area contributed by atoms with Crippen LogP contribution in [0.2, 0.25) is 0 Å². The molecule has 5 nitrogen and oxygen atoms in total. The molecule has 2 N–H and O–H groups in total. The van der Waals surface area contributed by atoms with Gasteiger partial charge < -0.3 is 10.6 Å². The van der Waals surface area contributed by atoms with Gasteiger partial charge in [-0.25, -0.2) is 9.97 Å². The van der Waals surface area contributed by atoms with Crippen LogP contribution in [0.1, 0.15) is 18.3 Å². The van der Waals surface area contributed by atoms with Gasteiger partial charge in [-0.1, -0.05) is 18.3 Å². The summed E-state index contributed by atoms with van der Waals surface area (Å²) in [6, 6.07) is 5.86. The Bertz CT molecular complexity index is 541. The summed E-state index contributed by atoms with van der Waals surface area (Å²) in [4.78, 5) is 15.2. The van der Waals surface area contributed by atoms with Crippen molar-refractivity contribution >= 4 is 23.0 Å². The van der Waals surface area contributed by atoms with Crippen LogP contribution in [0.15, 0.2) is 36.8 Å². The lowest BCUT2D eigenvalue weighted by Crippen LogP contribution is -2.24. The fourth-order valence-electron chi connectivity index (χ4n) is 1.65. The first kappa shape index (κ1) is 13.4. The lowest BCUT2D eigenvalue weighted by atomic mass is 10.3. The number of rotatable bonds is 5. The molecule has 6 heteroatoms. The molecule has 0 saturated carbocycles. The molecule has 0 amide bonds. The number of aromatic nitrogens is 3. The van der Waals surface area contributed by atoms with E-state index >= 15 is 0 Å². The zero-order chi connectivity index (χ0) is 13.7. The maximum Gasteiger partial charge on any atom is 0.147 e. The maximum absolute atomic E-state index is 5.50. The molecular formula is C13H15N5S. The predicted octanol–water partition coefficient (Wildman–Crippen LogP) is 1.53. The minimum atomic E-state index is 0.256. The first-order valence-corrected chi connectivity index (χ1v) is 6.38. The third-order valence-corrected chi connectivity index (χ3v) is 2.88. The molecule has 0 unspecified atom stereocenters. The normalized spacial score (nSPS) is 10.2. The molecule has 0 bridgehead atoms. The largest absolute Gasteiger partial charge is 0.388 e. The van der Waals surface area contributed by atoms with Crippen molar-refractivity contribution in [2.45, 2.75) is 13.5 Å². The van der Waals surface area contributed by atoms with Gasteiger partial charge in [0.25, 0.3) is 0 Å². The summed E-state index contributed by atoms with van der Waals surface area (Å²) in [6.45, 7) is 3.57. The average molecular weight is 273 g/mol. The number of hydrogen-bond acceptors (Lipinski definition) is 5. The molecule has 0 saturated heterocycles. The van der Waals surface area contributed by atoms with Crippen molar-refractivity contribution in [2.75, 3.05) is 11.4 Å². The molecule has 0 fully saturated rings. The zero-order valence-corrected chi connectivity index (χ0v) is 11.5. The van der Waals surface area contributed by atoms with Crippen LogP contribution >= 0.6 is 12.2 Å². The van der Waals surface area contributed by atoms with Crippen molar-refractivity contribution < 1.29 is 0 Å². The van der Waals surface area contributed by atoms with Crippen molar-refractivity contribution in [2.24, 2.45) is 5.73 Å². The highest BCUT2D eigenvalue weighted by atomic mass is 32.1. The van der Waals surface area contributed by atoms with Gasteiger partial charge >= 0.3 is 0 Å². The van der Waals surface area contributed by atoms with E-state index in [2.05, 4.69) is 26.8 Å². The van der Waals surface area contributed by atoms with Gasteiger partial charge in [0.15, 0.2) is 0 Å². The van der Waals surface area contributed by atoms with Gasteiger partial charge in [0, 0.05) is 12.7 Å². The Labute approximate surface area is 117 Å². The van der Waals surface area contributed by atoms with Crippen LogP contribution in [0.5, 0.6) is 0 Å². The lowest BCUT2D eigenvalue weighted by molar-refractivity contribution is 0.789. The minimum absolute atomic E-state index is 0.256. The first-order chi connectivity index (χ1) is 9.20. The van der Waals surface area contributed by atoms with Gasteiger partial charge in [-0.05, 0) is 19.1 Å². The highest BCUT2D eigenvalue weighted by Gasteiger charge is 2.08. The highest BCUT2D eigenvalue weighted by Crippen LogP contribution is 2.12. The van der Waals surface area contributed by atoms with Gasteiger partial charge in [0.05, 0.1) is 24.6 Å². The molecule has 0 atom stereocenters. The summed E-state index contributed by atoms with van der Waals surface area (Å²) in [7, 11) is 0. The summed E-state index contributed by atoms with van der Waals surface area (Å²) < 4.78 is 0. The van der Waals surface area contributed by atoms with Crippen molar-refractivity contribution in [3.63, 3.8) is 0 Å². The predicted molar refractivity (Wildman–Crippen MR) is 78.9 cm³/mol. The smallest absolute Gasteiger partial charge is 0.147 e.